The van der Waals surface area contributed by atoms with Crippen LogP contribution in [0.3, 0.4) is 0 Å². The molecule has 1 atom stereocenters. The molecule has 3 amide bonds. The van der Waals surface area contributed by atoms with Crippen LogP contribution in [0.2, 0.25) is 0 Å². The molecule has 7 heteroatoms. The molecule has 1 unspecified atom stereocenters. The van der Waals surface area contributed by atoms with E-state index in [0.717, 1.165) is 11.1 Å². The minimum absolute atomic E-state index is 0.0107. The molecular formula is C18H24N4O3. The molecule has 0 saturated carbocycles. The van der Waals surface area contributed by atoms with Crippen LogP contribution in [0.5, 0.6) is 0 Å². The molecule has 0 aromatic heterocycles. The van der Waals surface area contributed by atoms with Crippen LogP contribution in [-0.4, -0.2) is 71.2 Å². The molecule has 0 aliphatic carbocycles. The van der Waals surface area contributed by atoms with Gasteiger partial charge in [0, 0.05) is 46.1 Å². The van der Waals surface area contributed by atoms with Gasteiger partial charge in [0.05, 0.1) is 6.54 Å². The lowest BCUT2D eigenvalue weighted by molar-refractivity contribution is -0.147. The van der Waals surface area contributed by atoms with Crippen molar-refractivity contribution in [3.05, 3.63) is 35.4 Å². The van der Waals surface area contributed by atoms with Crippen LogP contribution in [0.25, 0.3) is 0 Å². The summed E-state index contributed by atoms with van der Waals surface area (Å²) in [5, 5.41) is 0. The van der Waals surface area contributed by atoms with Crippen molar-refractivity contribution in [2.75, 3.05) is 32.7 Å². The minimum atomic E-state index is -0.449. The van der Waals surface area contributed by atoms with Crippen LogP contribution in [0.1, 0.15) is 18.1 Å². The quantitative estimate of drug-likeness (QED) is 0.807. The van der Waals surface area contributed by atoms with Gasteiger partial charge < -0.3 is 15.5 Å². The fraction of sp³-hybridized carbons (Fsp3) is 0.500. The lowest BCUT2D eigenvalue weighted by Gasteiger charge is -2.40. The second kappa shape index (κ2) is 7.23. The van der Waals surface area contributed by atoms with Gasteiger partial charge in [0.1, 0.15) is 6.04 Å². The number of fused-ring (bicyclic) bond motifs is 1. The average molecular weight is 344 g/mol. The third-order valence-electron chi connectivity index (χ3n) is 5.00. The SMILES string of the molecule is CC(=O)N1Cc2ccccc2CC1C(=O)N1CCN(CC(N)=O)CC1. The van der Waals surface area contributed by atoms with E-state index in [4.69, 9.17) is 5.73 Å². The first-order chi connectivity index (χ1) is 12.0. The molecule has 1 aromatic carbocycles. The van der Waals surface area contributed by atoms with Crippen molar-refractivity contribution >= 4 is 17.7 Å². The molecule has 0 bridgehead atoms. The highest BCUT2D eigenvalue weighted by atomic mass is 16.2. The van der Waals surface area contributed by atoms with Crippen molar-refractivity contribution in [1.29, 1.82) is 0 Å². The number of piperazine rings is 1. The van der Waals surface area contributed by atoms with Crippen molar-refractivity contribution in [3.8, 4) is 0 Å². The maximum Gasteiger partial charge on any atom is 0.245 e. The highest BCUT2D eigenvalue weighted by Gasteiger charge is 2.36. The van der Waals surface area contributed by atoms with Crippen molar-refractivity contribution in [3.63, 3.8) is 0 Å². The third-order valence-corrected chi connectivity index (χ3v) is 5.00. The van der Waals surface area contributed by atoms with Gasteiger partial charge in [-0.25, -0.2) is 0 Å². The van der Waals surface area contributed by atoms with E-state index in [0.29, 0.717) is 39.1 Å². The zero-order valence-electron chi connectivity index (χ0n) is 14.5. The standard InChI is InChI=1S/C18H24N4O3/c1-13(23)22-11-15-5-3-2-4-14(15)10-16(22)18(25)21-8-6-20(7-9-21)12-17(19)24/h2-5,16H,6-12H2,1H3,(H2,19,24). The Hall–Kier alpha value is -2.41. The first-order valence-electron chi connectivity index (χ1n) is 8.59. The predicted octanol–water partition coefficient (Wildman–Crippen LogP) is -0.411. The van der Waals surface area contributed by atoms with Gasteiger partial charge in [0.15, 0.2) is 0 Å². The first kappa shape index (κ1) is 17.4. The predicted molar refractivity (Wildman–Crippen MR) is 92.4 cm³/mol. The number of nitrogens with zero attached hydrogens (tertiary/aromatic N) is 3. The molecule has 7 nitrogen and oxygen atoms in total. The average Bonchev–Trinajstić information content (AvgIpc) is 2.60. The summed E-state index contributed by atoms with van der Waals surface area (Å²) >= 11 is 0. The number of primary amides is 1. The number of amides is 3. The van der Waals surface area contributed by atoms with Gasteiger partial charge in [0.2, 0.25) is 17.7 Å². The molecule has 25 heavy (non-hydrogen) atoms. The lowest BCUT2D eigenvalue weighted by atomic mass is 9.93. The molecule has 2 aliphatic heterocycles. The highest BCUT2D eigenvalue weighted by Crippen LogP contribution is 2.25. The minimum Gasteiger partial charge on any atom is -0.369 e. The second-order valence-electron chi connectivity index (χ2n) is 6.70. The Bertz CT molecular complexity index is 683. The van der Waals surface area contributed by atoms with E-state index in [-0.39, 0.29) is 24.3 Å². The molecule has 3 rings (SSSR count). The molecular weight excluding hydrogens is 320 g/mol. The summed E-state index contributed by atoms with van der Waals surface area (Å²) < 4.78 is 0. The zero-order chi connectivity index (χ0) is 18.0. The monoisotopic (exact) mass is 344 g/mol. The fourth-order valence-corrected chi connectivity index (χ4v) is 3.63. The summed E-state index contributed by atoms with van der Waals surface area (Å²) in [5.74, 6) is -0.449. The van der Waals surface area contributed by atoms with Gasteiger partial charge in [-0.15, -0.1) is 0 Å². The van der Waals surface area contributed by atoms with E-state index in [1.165, 1.54) is 6.92 Å². The van der Waals surface area contributed by atoms with Gasteiger partial charge in [0.25, 0.3) is 0 Å². The van der Waals surface area contributed by atoms with Gasteiger partial charge in [-0.2, -0.15) is 0 Å². The molecule has 2 N–H and O–H groups in total. The van der Waals surface area contributed by atoms with E-state index in [9.17, 15) is 14.4 Å². The number of rotatable bonds is 3. The fourth-order valence-electron chi connectivity index (χ4n) is 3.63. The van der Waals surface area contributed by atoms with Crippen LogP contribution in [-0.2, 0) is 27.3 Å². The molecule has 2 heterocycles. The van der Waals surface area contributed by atoms with Gasteiger partial charge in [-0.3, -0.25) is 19.3 Å². The largest absolute Gasteiger partial charge is 0.369 e. The van der Waals surface area contributed by atoms with E-state index >= 15 is 0 Å². The summed E-state index contributed by atoms with van der Waals surface area (Å²) in [4.78, 5) is 41.5. The van der Waals surface area contributed by atoms with Crippen LogP contribution >= 0.6 is 0 Å². The van der Waals surface area contributed by atoms with Crippen molar-refractivity contribution < 1.29 is 14.4 Å². The van der Waals surface area contributed by atoms with Crippen molar-refractivity contribution in [1.82, 2.24) is 14.7 Å². The third kappa shape index (κ3) is 3.82. The Morgan fingerprint density at radius 3 is 2.32 bits per heavy atom. The highest BCUT2D eigenvalue weighted by molar-refractivity contribution is 5.88. The Balaban J connectivity index is 1.70. The molecule has 134 valence electrons. The summed E-state index contributed by atoms with van der Waals surface area (Å²) in [7, 11) is 0. The van der Waals surface area contributed by atoms with E-state index in [1.807, 2.05) is 29.2 Å². The second-order valence-corrected chi connectivity index (χ2v) is 6.70. The molecule has 0 spiro atoms. The number of carbonyl (C=O) groups is 3. The Morgan fingerprint density at radius 2 is 1.72 bits per heavy atom. The van der Waals surface area contributed by atoms with Gasteiger partial charge >= 0.3 is 0 Å². The van der Waals surface area contributed by atoms with Crippen LogP contribution < -0.4 is 5.73 Å². The van der Waals surface area contributed by atoms with Crippen LogP contribution in [0.4, 0.5) is 0 Å². The summed E-state index contributed by atoms with van der Waals surface area (Å²) in [6.45, 7) is 4.56. The number of hydrogen-bond acceptors (Lipinski definition) is 4. The number of hydrogen-bond donors (Lipinski definition) is 1. The molecule has 0 radical (unpaired) electrons. The maximum absolute atomic E-state index is 13.0. The van der Waals surface area contributed by atoms with Crippen molar-refractivity contribution in [2.24, 2.45) is 5.73 Å². The topological polar surface area (TPSA) is 87.0 Å². The zero-order valence-corrected chi connectivity index (χ0v) is 14.5. The summed E-state index contributed by atoms with van der Waals surface area (Å²) in [5.41, 5.74) is 7.46. The number of nitrogens with two attached hydrogens (primary N) is 1. The smallest absolute Gasteiger partial charge is 0.245 e. The van der Waals surface area contributed by atoms with E-state index < -0.39 is 6.04 Å². The Kier molecular flexibility index (Phi) is 5.03. The van der Waals surface area contributed by atoms with Crippen LogP contribution in [0, 0.1) is 0 Å². The van der Waals surface area contributed by atoms with Crippen LogP contribution in [0.15, 0.2) is 24.3 Å². The van der Waals surface area contributed by atoms with E-state index in [1.54, 1.807) is 9.80 Å². The molecule has 2 aliphatic rings. The molecule has 1 saturated heterocycles. The van der Waals surface area contributed by atoms with Crippen molar-refractivity contribution in [2.45, 2.75) is 25.9 Å². The number of carbonyl (C=O) groups excluding carboxylic acids is 3. The summed E-state index contributed by atoms with van der Waals surface area (Å²) in [6, 6.07) is 7.51. The summed E-state index contributed by atoms with van der Waals surface area (Å²) in [6.07, 6.45) is 0.552. The first-order valence-corrected chi connectivity index (χ1v) is 8.59. The van der Waals surface area contributed by atoms with E-state index in [2.05, 4.69) is 0 Å². The van der Waals surface area contributed by atoms with Gasteiger partial charge in [-0.1, -0.05) is 24.3 Å². The molecule has 1 aromatic rings. The molecule has 1 fully saturated rings. The van der Waals surface area contributed by atoms with Gasteiger partial charge in [-0.05, 0) is 11.1 Å². The normalized spacial score (nSPS) is 20.9. The maximum atomic E-state index is 13.0. The Morgan fingerprint density at radius 1 is 1.08 bits per heavy atom. The Labute approximate surface area is 147 Å². The lowest BCUT2D eigenvalue weighted by Crippen LogP contribution is -2.57. The number of benzene rings is 1.